The lowest BCUT2D eigenvalue weighted by Gasteiger charge is -2.03. The van der Waals surface area contributed by atoms with Crippen LogP contribution in [0.4, 0.5) is 0 Å². The Kier molecular flexibility index (Phi) is 3.88. The SMILES string of the molecule is CC(C)Cc1csc(C(C)CN)n1. The highest BCUT2D eigenvalue weighted by Gasteiger charge is 2.09. The van der Waals surface area contributed by atoms with Gasteiger partial charge in [0.05, 0.1) is 10.7 Å². The van der Waals surface area contributed by atoms with Crippen LogP contribution in [-0.2, 0) is 6.42 Å². The van der Waals surface area contributed by atoms with Gasteiger partial charge in [-0.05, 0) is 12.3 Å². The van der Waals surface area contributed by atoms with Gasteiger partial charge in [0, 0.05) is 17.8 Å². The average Bonchev–Trinajstić information content (AvgIpc) is 2.50. The Balaban J connectivity index is 2.63. The van der Waals surface area contributed by atoms with E-state index >= 15 is 0 Å². The molecule has 1 atom stereocenters. The zero-order chi connectivity index (χ0) is 9.84. The number of nitrogens with zero attached hydrogens (tertiary/aromatic N) is 1. The van der Waals surface area contributed by atoms with Crippen molar-refractivity contribution in [1.29, 1.82) is 0 Å². The fourth-order valence-corrected chi connectivity index (χ4v) is 2.07. The fraction of sp³-hybridized carbons (Fsp3) is 0.700. The minimum absolute atomic E-state index is 0.408. The van der Waals surface area contributed by atoms with E-state index in [1.807, 2.05) is 0 Å². The van der Waals surface area contributed by atoms with Crippen LogP contribution in [0.3, 0.4) is 0 Å². The van der Waals surface area contributed by atoms with E-state index in [1.54, 1.807) is 11.3 Å². The molecule has 0 aliphatic rings. The van der Waals surface area contributed by atoms with Crippen LogP contribution < -0.4 is 5.73 Å². The van der Waals surface area contributed by atoms with Gasteiger partial charge in [-0.1, -0.05) is 20.8 Å². The first-order valence-corrected chi connectivity index (χ1v) is 5.65. The smallest absolute Gasteiger partial charge is 0.0969 e. The van der Waals surface area contributed by atoms with E-state index in [0.717, 1.165) is 6.42 Å². The summed E-state index contributed by atoms with van der Waals surface area (Å²) in [4.78, 5) is 4.56. The van der Waals surface area contributed by atoms with Gasteiger partial charge < -0.3 is 5.73 Å². The van der Waals surface area contributed by atoms with Gasteiger partial charge in [-0.25, -0.2) is 4.98 Å². The van der Waals surface area contributed by atoms with E-state index < -0.39 is 0 Å². The third-order valence-electron chi connectivity index (χ3n) is 1.96. The minimum Gasteiger partial charge on any atom is -0.330 e. The predicted molar refractivity (Wildman–Crippen MR) is 58.1 cm³/mol. The van der Waals surface area contributed by atoms with E-state index in [1.165, 1.54) is 10.7 Å². The van der Waals surface area contributed by atoms with Gasteiger partial charge in [-0.3, -0.25) is 0 Å². The van der Waals surface area contributed by atoms with Crippen molar-refractivity contribution in [2.75, 3.05) is 6.54 Å². The molecule has 0 aliphatic heterocycles. The summed E-state index contributed by atoms with van der Waals surface area (Å²) >= 11 is 1.73. The van der Waals surface area contributed by atoms with Crippen LogP contribution in [0.2, 0.25) is 0 Å². The molecule has 74 valence electrons. The molecule has 0 radical (unpaired) electrons. The second-order valence-electron chi connectivity index (χ2n) is 3.91. The number of hydrogen-bond acceptors (Lipinski definition) is 3. The van der Waals surface area contributed by atoms with Crippen LogP contribution >= 0.6 is 11.3 Å². The van der Waals surface area contributed by atoms with E-state index in [2.05, 4.69) is 31.1 Å². The molecule has 3 heteroatoms. The molecule has 1 unspecified atom stereocenters. The van der Waals surface area contributed by atoms with Crippen molar-refractivity contribution in [2.45, 2.75) is 33.1 Å². The quantitative estimate of drug-likeness (QED) is 0.807. The molecule has 1 aromatic rings. The first-order valence-electron chi connectivity index (χ1n) is 4.77. The standard InChI is InChI=1S/C10H18N2S/c1-7(2)4-9-6-13-10(12-9)8(3)5-11/h6-8H,4-5,11H2,1-3H3. The molecule has 1 rings (SSSR count). The lowest BCUT2D eigenvalue weighted by Crippen LogP contribution is -2.08. The van der Waals surface area contributed by atoms with Crippen molar-refractivity contribution in [2.24, 2.45) is 11.7 Å². The highest BCUT2D eigenvalue weighted by atomic mass is 32.1. The molecule has 0 aliphatic carbocycles. The average molecular weight is 198 g/mol. The molecule has 0 spiro atoms. The van der Waals surface area contributed by atoms with Gasteiger partial charge in [0.25, 0.3) is 0 Å². The van der Waals surface area contributed by atoms with E-state index in [9.17, 15) is 0 Å². The Bertz CT molecular complexity index is 255. The monoisotopic (exact) mass is 198 g/mol. The maximum Gasteiger partial charge on any atom is 0.0969 e. The predicted octanol–water partition coefficient (Wildman–Crippen LogP) is 2.40. The van der Waals surface area contributed by atoms with Gasteiger partial charge in [-0.15, -0.1) is 11.3 Å². The lowest BCUT2D eigenvalue weighted by molar-refractivity contribution is 0.633. The van der Waals surface area contributed by atoms with Crippen LogP contribution in [-0.4, -0.2) is 11.5 Å². The fourth-order valence-electron chi connectivity index (χ4n) is 1.16. The summed E-state index contributed by atoms with van der Waals surface area (Å²) in [7, 11) is 0. The summed E-state index contributed by atoms with van der Waals surface area (Å²) in [6, 6.07) is 0. The van der Waals surface area contributed by atoms with E-state index in [4.69, 9.17) is 5.73 Å². The van der Waals surface area contributed by atoms with Crippen LogP contribution in [0.15, 0.2) is 5.38 Å². The van der Waals surface area contributed by atoms with Gasteiger partial charge in [0.1, 0.15) is 0 Å². The summed E-state index contributed by atoms with van der Waals surface area (Å²) in [6.07, 6.45) is 1.08. The van der Waals surface area contributed by atoms with Crippen molar-refractivity contribution in [3.8, 4) is 0 Å². The van der Waals surface area contributed by atoms with Gasteiger partial charge in [0.2, 0.25) is 0 Å². The van der Waals surface area contributed by atoms with Crippen molar-refractivity contribution in [3.05, 3.63) is 16.1 Å². The van der Waals surface area contributed by atoms with Gasteiger partial charge in [0.15, 0.2) is 0 Å². The minimum atomic E-state index is 0.408. The second-order valence-corrected chi connectivity index (χ2v) is 4.80. The van der Waals surface area contributed by atoms with Crippen LogP contribution in [0, 0.1) is 5.92 Å². The molecular weight excluding hydrogens is 180 g/mol. The Morgan fingerprint density at radius 3 is 2.69 bits per heavy atom. The number of nitrogens with two attached hydrogens (primary N) is 1. The Hall–Kier alpha value is -0.410. The summed E-state index contributed by atoms with van der Waals surface area (Å²) in [5.41, 5.74) is 6.80. The largest absolute Gasteiger partial charge is 0.330 e. The number of thiazole rings is 1. The van der Waals surface area contributed by atoms with Gasteiger partial charge in [-0.2, -0.15) is 0 Å². The maximum absolute atomic E-state index is 5.58. The highest BCUT2D eigenvalue weighted by molar-refractivity contribution is 7.09. The van der Waals surface area contributed by atoms with Crippen LogP contribution in [0.5, 0.6) is 0 Å². The molecule has 0 amide bonds. The molecule has 0 fully saturated rings. The number of aromatic nitrogens is 1. The third kappa shape index (κ3) is 3.08. The first-order chi connectivity index (χ1) is 6.13. The molecule has 0 saturated heterocycles. The molecule has 13 heavy (non-hydrogen) atoms. The number of hydrogen-bond donors (Lipinski definition) is 1. The Labute approximate surface area is 84.2 Å². The van der Waals surface area contributed by atoms with Crippen LogP contribution in [0.25, 0.3) is 0 Å². The van der Waals surface area contributed by atoms with Crippen molar-refractivity contribution in [3.63, 3.8) is 0 Å². The molecular formula is C10H18N2S. The van der Waals surface area contributed by atoms with E-state index in [-0.39, 0.29) is 0 Å². The van der Waals surface area contributed by atoms with Crippen molar-refractivity contribution in [1.82, 2.24) is 4.98 Å². The highest BCUT2D eigenvalue weighted by Crippen LogP contribution is 2.20. The first kappa shape index (κ1) is 10.7. The molecule has 2 nitrogen and oxygen atoms in total. The number of rotatable bonds is 4. The normalized spacial score (nSPS) is 13.6. The molecule has 0 saturated carbocycles. The van der Waals surface area contributed by atoms with E-state index in [0.29, 0.717) is 18.4 Å². The molecule has 2 N–H and O–H groups in total. The summed E-state index contributed by atoms with van der Waals surface area (Å²) < 4.78 is 0. The topological polar surface area (TPSA) is 38.9 Å². The summed E-state index contributed by atoms with van der Waals surface area (Å²) in [5, 5.41) is 3.33. The zero-order valence-corrected chi connectivity index (χ0v) is 9.40. The zero-order valence-electron chi connectivity index (χ0n) is 8.58. The Morgan fingerprint density at radius 1 is 1.46 bits per heavy atom. The summed E-state index contributed by atoms with van der Waals surface area (Å²) in [6.45, 7) is 7.24. The lowest BCUT2D eigenvalue weighted by atomic mass is 10.1. The summed E-state index contributed by atoms with van der Waals surface area (Å²) in [5.74, 6) is 1.09. The van der Waals surface area contributed by atoms with Crippen LogP contribution in [0.1, 0.15) is 37.4 Å². The van der Waals surface area contributed by atoms with Gasteiger partial charge >= 0.3 is 0 Å². The van der Waals surface area contributed by atoms with Crippen molar-refractivity contribution >= 4 is 11.3 Å². The third-order valence-corrected chi connectivity index (χ3v) is 3.09. The Morgan fingerprint density at radius 2 is 2.15 bits per heavy atom. The van der Waals surface area contributed by atoms with Crippen molar-refractivity contribution < 1.29 is 0 Å². The molecule has 1 heterocycles. The molecule has 1 aromatic heterocycles. The molecule has 0 aromatic carbocycles. The second kappa shape index (κ2) is 4.72. The molecule has 0 bridgehead atoms. The maximum atomic E-state index is 5.58.